The molecule has 3 aromatic rings. The zero-order valence-corrected chi connectivity index (χ0v) is 18.9. The second-order valence-corrected chi connectivity index (χ2v) is 8.37. The number of halogens is 1. The Morgan fingerprint density at radius 2 is 1.73 bits per heavy atom. The molecule has 0 fully saturated rings. The lowest BCUT2D eigenvalue weighted by Crippen LogP contribution is -2.13. The van der Waals surface area contributed by atoms with Crippen LogP contribution in [0, 0.1) is 32.1 Å². The van der Waals surface area contributed by atoms with Gasteiger partial charge in [0.2, 0.25) is 0 Å². The van der Waals surface area contributed by atoms with Gasteiger partial charge in [0.05, 0.1) is 0 Å². The number of nitriles is 1. The van der Waals surface area contributed by atoms with E-state index >= 15 is 0 Å². The Bertz CT molecular complexity index is 1150. The predicted octanol–water partition coefficient (Wildman–Crippen LogP) is 6.51. The molecule has 30 heavy (non-hydrogen) atoms. The number of amides is 1. The van der Waals surface area contributed by atoms with Crippen LogP contribution in [0.4, 0.5) is 5.69 Å². The second kappa shape index (κ2) is 9.56. The lowest BCUT2D eigenvalue weighted by molar-refractivity contribution is -0.112. The van der Waals surface area contributed by atoms with Gasteiger partial charge in [0.15, 0.2) is 0 Å². The number of carbonyl (C=O) groups excluding carboxylic acids is 1. The van der Waals surface area contributed by atoms with Crippen molar-refractivity contribution >= 4 is 33.6 Å². The first-order chi connectivity index (χ1) is 14.3. The largest absolute Gasteiger partial charge is 0.321 e. The summed E-state index contributed by atoms with van der Waals surface area (Å²) < 4.78 is 0.951. The molecule has 150 valence electrons. The molecule has 3 rings (SSSR count). The van der Waals surface area contributed by atoms with Crippen LogP contribution in [0.5, 0.6) is 0 Å². The van der Waals surface area contributed by atoms with Crippen LogP contribution in [0.2, 0.25) is 0 Å². The first-order valence-electron chi connectivity index (χ1n) is 9.69. The summed E-state index contributed by atoms with van der Waals surface area (Å²) in [5.74, 6) is -0.418. The van der Waals surface area contributed by atoms with Gasteiger partial charge in [0.1, 0.15) is 11.6 Å². The third kappa shape index (κ3) is 5.68. The van der Waals surface area contributed by atoms with Crippen LogP contribution in [0.1, 0.15) is 33.4 Å². The number of aryl methyl sites for hydroxylation is 3. The molecular formula is C26H23BrN2O. The molecule has 0 aliphatic carbocycles. The summed E-state index contributed by atoms with van der Waals surface area (Å²) >= 11 is 3.64. The second-order valence-electron chi connectivity index (χ2n) is 7.52. The molecule has 0 bridgehead atoms. The third-order valence-corrected chi connectivity index (χ3v) is 5.44. The fourth-order valence-electron chi connectivity index (χ4n) is 3.42. The SMILES string of the molecule is Cc1cc(C)cc(Cc2ccc(/C=C(\C#N)C(=O)Nc3cccc(C)c3)cc2Br)c1. The minimum Gasteiger partial charge on any atom is -0.321 e. The Labute approximate surface area is 186 Å². The molecule has 0 aliphatic heterocycles. The van der Waals surface area contributed by atoms with E-state index < -0.39 is 5.91 Å². The molecule has 0 spiro atoms. The zero-order valence-electron chi connectivity index (χ0n) is 17.3. The van der Waals surface area contributed by atoms with Crippen LogP contribution in [0.25, 0.3) is 6.08 Å². The highest BCUT2D eigenvalue weighted by atomic mass is 79.9. The van der Waals surface area contributed by atoms with E-state index in [-0.39, 0.29) is 5.57 Å². The van der Waals surface area contributed by atoms with Gasteiger partial charge in [-0.2, -0.15) is 5.26 Å². The molecule has 1 amide bonds. The highest BCUT2D eigenvalue weighted by molar-refractivity contribution is 9.10. The molecule has 0 atom stereocenters. The first-order valence-corrected chi connectivity index (χ1v) is 10.5. The number of rotatable bonds is 5. The summed E-state index contributed by atoms with van der Waals surface area (Å²) in [5.41, 5.74) is 7.47. The maximum atomic E-state index is 12.5. The Hall–Kier alpha value is -3.16. The number of carbonyl (C=O) groups is 1. The van der Waals surface area contributed by atoms with Crippen LogP contribution < -0.4 is 5.32 Å². The molecular weight excluding hydrogens is 436 g/mol. The highest BCUT2D eigenvalue weighted by Crippen LogP contribution is 2.24. The lowest BCUT2D eigenvalue weighted by Gasteiger charge is -2.09. The normalized spacial score (nSPS) is 11.1. The van der Waals surface area contributed by atoms with Crippen molar-refractivity contribution < 1.29 is 4.79 Å². The molecule has 0 heterocycles. The standard InChI is InChI=1S/C26H23BrN2O/c1-17-5-4-6-24(12-17)29-26(30)23(16-28)13-20-7-8-22(25(27)15-20)14-21-10-18(2)9-19(3)11-21/h4-13,15H,14H2,1-3H3,(H,29,30)/b23-13+. The van der Waals surface area contributed by atoms with E-state index in [4.69, 9.17) is 0 Å². The van der Waals surface area contributed by atoms with Gasteiger partial charge in [0.25, 0.3) is 5.91 Å². The minimum atomic E-state index is -0.418. The number of anilines is 1. The van der Waals surface area contributed by atoms with Crippen LogP contribution in [-0.2, 0) is 11.2 Å². The summed E-state index contributed by atoms with van der Waals surface area (Å²) in [4.78, 5) is 12.5. The molecule has 4 heteroatoms. The lowest BCUT2D eigenvalue weighted by atomic mass is 9.99. The van der Waals surface area contributed by atoms with Crippen LogP contribution in [0.15, 0.2) is 70.7 Å². The average molecular weight is 459 g/mol. The molecule has 0 saturated carbocycles. The van der Waals surface area contributed by atoms with E-state index in [0.717, 1.165) is 27.6 Å². The van der Waals surface area contributed by atoms with Crippen LogP contribution in [0.3, 0.4) is 0 Å². The number of hydrogen-bond acceptors (Lipinski definition) is 2. The first kappa shape index (κ1) is 21.5. The maximum absolute atomic E-state index is 12.5. The van der Waals surface area contributed by atoms with E-state index in [1.54, 1.807) is 12.1 Å². The predicted molar refractivity (Wildman–Crippen MR) is 126 cm³/mol. The highest BCUT2D eigenvalue weighted by Gasteiger charge is 2.11. The number of nitrogens with zero attached hydrogens (tertiary/aromatic N) is 1. The van der Waals surface area contributed by atoms with Gasteiger partial charge >= 0.3 is 0 Å². The Balaban J connectivity index is 1.79. The average Bonchev–Trinajstić information content (AvgIpc) is 2.67. The van der Waals surface area contributed by atoms with Crippen molar-refractivity contribution in [3.63, 3.8) is 0 Å². The van der Waals surface area contributed by atoms with Crippen LogP contribution >= 0.6 is 15.9 Å². The van der Waals surface area contributed by atoms with Crippen molar-refractivity contribution in [2.75, 3.05) is 5.32 Å². The van der Waals surface area contributed by atoms with Gasteiger partial charge in [-0.15, -0.1) is 0 Å². The topological polar surface area (TPSA) is 52.9 Å². The fraction of sp³-hybridized carbons (Fsp3) is 0.154. The third-order valence-electron chi connectivity index (χ3n) is 4.71. The molecule has 1 N–H and O–H groups in total. The molecule has 0 aromatic heterocycles. The number of benzene rings is 3. The van der Waals surface area contributed by atoms with Gasteiger partial charge in [-0.05, 0) is 73.7 Å². The number of nitrogens with one attached hydrogen (secondary N) is 1. The Morgan fingerprint density at radius 1 is 1.00 bits per heavy atom. The van der Waals surface area contributed by atoms with Crippen molar-refractivity contribution in [3.8, 4) is 6.07 Å². The molecule has 3 aromatic carbocycles. The van der Waals surface area contributed by atoms with E-state index in [2.05, 4.69) is 53.3 Å². The Morgan fingerprint density at radius 3 is 2.37 bits per heavy atom. The van der Waals surface area contributed by atoms with Gasteiger partial charge in [0, 0.05) is 10.2 Å². The summed E-state index contributed by atoms with van der Waals surface area (Å²) in [6.45, 7) is 6.16. The van der Waals surface area contributed by atoms with E-state index in [9.17, 15) is 10.1 Å². The van der Waals surface area contributed by atoms with Gasteiger partial charge < -0.3 is 5.32 Å². The molecule has 0 radical (unpaired) electrons. The summed E-state index contributed by atoms with van der Waals surface area (Å²) in [5, 5.41) is 12.3. The van der Waals surface area contributed by atoms with E-state index in [1.165, 1.54) is 16.7 Å². The van der Waals surface area contributed by atoms with Crippen molar-refractivity contribution in [2.45, 2.75) is 27.2 Å². The van der Waals surface area contributed by atoms with Crippen LogP contribution in [-0.4, -0.2) is 5.91 Å². The molecule has 0 unspecified atom stereocenters. The fourth-order valence-corrected chi connectivity index (χ4v) is 3.96. The Kier molecular flexibility index (Phi) is 6.87. The molecule has 0 aliphatic rings. The monoisotopic (exact) mass is 458 g/mol. The van der Waals surface area contributed by atoms with E-state index in [0.29, 0.717) is 5.69 Å². The van der Waals surface area contributed by atoms with Crippen molar-refractivity contribution in [2.24, 2.45) is 0 Å². The van der Waals surface area contributed by atoms with Crippen molar-refractivity contribution in [1.29, 1.82) is 5.26 Å². The quantitative estimate of drug-likeness (QED) is 0.349. The molecule has 0 saturated heterocycles. The minimum absolute atomic E-state index is 0.0606. The van der Waals surface area contributed by atoms with Gasteiger partial charge in [-0.1, -0.05) is 69.5 Å². The summed E-state index contributed by atoms with van der Waals surface area (Å²) in [7, 11) is 0. The van der Waals surface area contributed by atoms with Crippen molar-refractivity contribution in [3.05, 3.63) is 104 Å². The van der Waals surface area contributed by atoms with Gasteiger partial charge in [-0.25, -0.2) is 0 Å². The smallest absolute Gasteiger partial charge is 0.266 e. The maximum Gasteiger partial charge on any atom is 0.266 e. The van der Waals surface area contributed by atoms with Gasteiger partial charge in [-0.3, -0.25) is 4.79 Å². The van der Waals surface area contributed by atoms with E-state index in [1.807, 2.05) is 49.4 Å². The zero-order chi connectivity index (χ0) is 21.7. The summed E-state index contributed by atoms with van der Waals surface area (Å²) in [6, 6.07) is 21.9. The van der Waals surface area contributed by atoms with Crippen molar-refractivity contribution in [1.82, 2.24) is 0 Å². The summed E-state index contributed by atoms with van der Waals surface area (Å²) in [6.07, 6.45) is 2.42. The molecule has 3 nitrogen and oxygen atoms in total. The number of hydrogen-bond donors (Lipinski definition) is 1.